The summed E-state index contributed by atoms with van der Waals surface area (Å²) in [6, 6.07) is 7.93. The molecule has 0 N–H and O–H groups in total. The summed E-state index contributed by atoms with van der Waals surface area (Å²) in [6.45, 7) is 7.59. The van der Waals surface area contributed by atoms with Gasteiger partial charge in [0.2, 0.25) is 0 Å². The first-order valence-corrected chi connectivity index (χ1v) is 8.77. The van der Waals surface area contributed by atoms with Gasteiger partial charge in [-0.05, 0) is 38.1 Å². The van der Waals surface area contributed by atoms with Crippen LogP contribution in [0.4, 0.5) is 0 Å². The molecule has 1 unspecified atom stereocenters. The highest BCUT2D eigenvalue weighted by molar-refractivity contribution is 5.97. The van der Waals surface area contributed by atoms with E-state index >= 15 is 0 Å². The van der Waals surface area contributed by atoms with Crippen LogP contribution in [0.5, 0.6) is 0 Å². The van der Waals surface area contributed by atoms with Crippen molar-refractivity contribution in [3.63, 3.8) is 0 Å². The Balaban J connectivity index is 2.13. The van der Waals surface area contributed by atoms with Crippen LogP contribution in [0.15, 0.2) is 24.3 Å². The summed E-state index contributed by atoms with van der Waals surface area (Å²) in [7, 11) is 3.97. The number of benzene rings is 1. The molecule has 1 heterocycles. The minimum atomic E-state index is -0.394. The number of hydrogen-bond donors (Lipinski definition) is 0. The average Bonchev–Trinajstić information content (AvgIpc) is 2.91. The van der Waals surface area contributed by atoms with Crippen molar-refractivity contribution in [3.05, 3.63) is 35.4 Å². The minimum absolute atomic E-state index is 0.00705. The third-order valence-corrected chi connectivity index (χ3v) is 4.94. The smallest absolute Gasteiger partial charge is 0.253 e. The van der Waals surface area contributed by atoms with Crippen LogP contribution in [0, 0.1) is 5.41 Å². The molecule has 0 spiro atoms. The predicted molar refractivity (Wildman–Crippen MR) is 97.2 cm³/mol. The summed E-state index contributed by atoms with van der Waals surface area (Å²) >= 11 is 0. The monoisotopic (exact) mass is 330 g/mol. The summed E-state index contributed by atoms with van der Waals surface area (Å²) in [5, 5.41) is 0. The molecule has 1 aliphatic rings. The maximum Gasteiger partial charge on any atom is 0.253 e. The van der Waals surface area contributed by atoms with Gasteiger partial charge in [-0.2, -0.15) is 0 Å². The van der Waals surface area contributed by atoms with Crippen LogP contribution in [-0.4, -0.2) is 54.7 Å². The second-order valence-electron chi connectivity index (χ2n) is 7.97. The summed E-state index contributed by atoms with van der Waals surface area (Å²) in [5.74, 6) is 0.161. The number of carbonyl (C=O) groups excluding carboxylic acids is 2. The summed E-state index contributed by atoms with van der Waals surface area (Å²) in [5.41, 5.74) is 1.08. The highest BCUT2D eigenvalue weighted by Crippen LogP contribution is 2.21. The Morgan fingerprint density at radius 3 is 2.50 bits per heavy atom. The second kappa shape index (κ2) is 7.47. The van der Waals surface area contributed by atoms with E-state index in [4.69, 9.17) is 0 Å². The lowest BCUT2D eigenvalue weighted by molar-refractivity contribution is -0.125. The zero-order valence-corrected chi connectivity index (χ0v) is 15.6. The number of amides is 1. The Bertz CT molecular complexity index is 604. The van der Waals surface area contributed by atoms with E-state index in [0.717, 1.165) is 25.1 Å². The van der Waals surface area contributed by atoms with Gasteiger partial charge in [0.15, 0.2) is 0 Å². The molecule has 1 aromatic carbocycles. The van der Waals surface area contributed by atoms with Gasteiger partial charge >= 0.3 is 0 Å². The van der Waals surface area contributed by atoms with Crippen LogP contribution in [0.25, 0.3) is 0 Å². The van der Waals surface area contributed by atoms with Crippen LogP contribution in [-0.2, 0) is 11.2 Å². The Morgan fingerprint density at radius 2 is 1.92 bits per heavy atom. The number of rotatable bonds is 5. The highest BCUT2D eigenvalue weighted by atomic mass is 16.2. The molecular formula is C20H30N2O2. The van der Waals surface area contributed by atoms with Crippen molar-refractivity contribution >= 4 is 11.7 Å². The Labute approximate surface area is 145 Å². The van der Waals surface area contributed by atoms with Gasteiger partial charge in [-0.25, -0.2) is 0 Å². The molecule has 4 nitrogen and oxygen atoms in total. The van der Waals surface area contributed by atoms with Crippen molar-refractivity contribution in [1.29, 1.82) is 0 Å². The lowest BCUT2D eigenvalue weighted by Gasteiger charge is -2.26. The standard InChI is InChI=1S/C20H30N2O2/c1-20(2,3)18(23)13-15-9-6-7-11-17(15)19(24)22(5)14-16-10-8-12-21(16)4/h6-7,9,11,16H,8,10,12-14H2,1-5H3. The molecule has 0 saturated carbocycles. The van der Waals surface area contributed by atoms with Gasteiger partial charge in [0.25, 0.3) is 5.91 Å². The molecule has 1 saturated heterocycles. The summed E-state index contributed by atoms with van der Waals surface area (Å²) in [4.78, 5) is 29.4. The van der Waals surface area contributed by atoms with Crippen molar-refractivity contribution < 1.29 is 9.59 Å². The second-order valence-corrected chi connectivity index (χ2v) is 7.97. The van der Waals surface area contributed by atoms with Gasteiger partial charge in [0.1, 0.15) is 5.78 Å². The Hall–Kier alpha value is -1.68. The molecular weight excluding hydrogens is 300 g/mol. The molecule has 1 atom stereocenters. The van der Waals surface area contributed by atoms with Gasteiger partial charge in [-0.15, -0.1) is 0 Å². The van der Waals surface area contributed by atoms with Crippen LogP contribution in [0.1, 0.15) is 49.5 Å². The largest absolute Gasteiger partial charge is 0.340 e. The highest BCUT2D eigenvalue weighted by Gasteiger charge is 2.27. The maximum absolute atomic E-state index is 12.9. The maximum atomic E-state index is 12.9. The Morgan fingerprint density at radius 1 is 1.25 bits per heavy atom. The summed E-state index contributed by atoms with van der Waals surface area (Å²) < 4.78 is 0. The molecule has 0 radical (unpaired) electrons. The first-order chi connectivity index (χ1) is 11.2. The molecule has 1 amide bonds. The van der Waals surface area contributed by atoms with E-state index in [-0.39, 0.29) is 11.7 Å². The SMILES string of the molecule is CN(CC1CCCN1C)C(=O)c1ccccc1CC(=O)C(C)(C)C. The van der Waals surface area contributed by atoms with Crippen molar-refractivity contribution in [1.82, 2.24) is 9.80 Å². The molecule has 0 aromatic heterocycles. The molecule has 1 fully saturated rings. The van der Waals surface area contributed by atoms with E-state index in [2.05, 4.69) is 11.9 Å². The fourth-order valence-corrected chi connectivity index (χ4v) is 3.14. The normalized spacial score (nSPS) is 18.6. The van der Waals surface area contributed by atoms with Crippen molar-refractivity contribution in [2.75, 3.05) is 27.2 Å². The first kappa shape index (κ1) is 18.7. The Kier molecular flexibility index (Phi) is 5.81. The van der Waals surface area contributed by atoms with Crippen molar-refractivity contribution in [2.45, 2.75) is 46.1 Å². The van der Waals surface area contributed by atoms with E-state index in [1.165, 1.54) is 6.42 Å². The lowest BCUT2D eigenvalue weighted by atomic mass is 9.86. The fourth-order valence-electron chi connectivity index (χ4n) is 3.14. The zero-order chi connectivity index (χ0) is 17.9. The van der Waals surface area contributed by atoms with E-state index in [9.17, 15) is 9.59 Å². The van der Waals surface area contributed by atoms with E-state index in [0.29, 0.717) is 18.0 Å². The van der Waals surface area contributed by atoms with Gasteiger partial charge in [0, 0.05) is 37.0 Å². The molecule has 1 aliphatic heterocycles. The van der Waals surface area contributed by atoms with Gasteiger partial charge in [-0.1, -0.05) is 39.0 Å². The molecule has 2 rings (SSSR count). The molecule has 132 valence electrons. The number of hydrogen-bond acceptors (Lipinski definition) is 3. The minimum Gasteiger partial charge on any atom is -0.340 e. The zero-order valence-electron chi connectivity index (χ0n) is 15.6. The summed E-state index contributed by atoms with van der Waals surface area (Å²) in [6.07, 6.45) is 2.64. The number of likely N-dealkylation sites (tertiary alicyclic amines) is 1. The third kappa shape index (κ3) is 4.44. The fraction of sp³-hybridized carbons (Fsp3) is 0.600. The van der Waals surface area contributed by atoms with Crippen molar-refractivity contribution in [3.8, 4) is 0 Å². The van der Waals surface area contributed by atoms with E-state index in [1.54, 1.807) is 4.90 Å². The van der Waals surface area contributed by atoms with Crippen LogP contribution >= 0.6 is 0 Å². The number of carbonyl (C=O) groups is 2. The van der Waals surface area contributed by atoms with Crippen molar-refractivity contribution in [2.24, 2.45) is 5.41 Å². The van der Waals surface area contributed by atoms with E-state index < -0.39 is 5.41 Å². The molecule has 4 heteroatoms. The number of nitrogens with zero attached hydrogens (tertiary/aromatic N) is 2. The topological polar surface area (TPSA) is 40.6 Å². The number of ketones is 1. The third-order valence-electron chi connectivity index (χ3n) is 4.94. The molecule has 0 bridgehead atoms. The lowest BCUT2D eigenvalue weighted by Crippen LogP contribution is -2.40. The van der Waals surface area contributed by atoms with Crippen LogP contribution < -0.4 is 0 Å². The van der Waals surface area contributed by atoms with Crippen LogP contribution in [0.3, 0.4) is 0 Å². The quantitative estimate of drug-likeness (QED) is 0.833. The molecule has 1 aromatic rings. The van der Waals surface area contributed by atoms with Gasteiger partial charge in [-0.3, -0.25) is 9.59 Å². The van der Waals surface area contributed by atoms with E-state index in [1.807, 2.05) is 52.1 Å². The predicted octanol–water partition coefficient (Wildman–Crippen LogP) is 3.01. The average molecular weight is 330 g/mol. The van der Waals surface area contributed by atoms with Gasteiger partial charge in [0.05, 0.1) is 0 Å². The molecule has 0 aliphatic carbocycles. The first-order valence-electron chi connectivity index (χ1n) is 8.77. The molecule has 24 heavy (non-hydrogen) atoms. The van der Waals surface area contributed by atoms with Crippen LogP contribution in [0.2, 0.25) is 0 Å². The number of Topliss-reactive ketones (excluding diaryl/α,β-unsaturated/α-hetero) is 1. The number of likely N-dealkylation sites (N-methyl/N-ethyl adjacent to an activating group) is 2. The van der Waals surface area contributed by atoms with Gasteiger partial charge < -0.3 is 9.80 Å².